The largest absolute Gasteiger partial charge is 0.310 e. The molecule has 1 aliphatic rings. The summed E-state index contributed by atoms with van der Waals surface area (Å²) >= 11 is 1.96. The van der Waals surface area contributed by atoms with Gasteiger partial charge in [-0.1, -0.05) is 39.0 Å². The molecule has 0 bridgehead atoms. The standard InChI is InChI=1S/C18H31NS/c1-4-12-19-18(17-13-14(2)20-15(17)3)16-10-8-6-5-7-9-11-16/h13,16,18-19H,4-12H2,1-3H3. The molecule has 0 aromatic carbocycles. The number of hydrogen-bond acceptors (Lipinski definition) is 2. The lowest BCUT2D eigenvalue weighted by Crippen LogP contribution is -2.29. The Kier molecular flexibility index (Phi) is 6.57. The highest BCUT2D eigenvalue weighted by molar-refractivity contribution is 7.12. The number of nitrogens with one attached hydrogen (secondary N) is 1. The molecular weight excluding hydrogens is 262 g/mol. The minimum atomic E-state index is 0.595. The van der Waals surface area contributed by atoms with E-state index >= 15 is 0 Å². The lowest BCUT2D eigenvalue weighted by atomic mass is 9.83. The Morgan fingerprint density at radius 2 is 1.80 bits per heavy atom. The summed E-state index contributed by atoms with van der Waals surface area (Å²) in [5.74, 6) is 0.842. The molecule has 20 heavy (non-hydrogen) atoms. The molecule has 1 saturated carbocycles. The van der Waals surface area contributed by atoms with E-state index in [2.05, 4.69) is 32.2 Å². The average molecular weight is 294 g/mol. The normalized spacial score (nSPS) is 19.6. The third kappa shape index (κ3) is 4.33. The molecule has 1 aromatic rings. The molecular formula is C18H31NS. The molecule has 2 rings (SSSR count). The van der Waals surface area contributed by atoms with Gasteiger partial charge in [-0.3, -0.25) is 0 Å². The SMILES string of the molecule is CCCNC(c1cc(C)sc1C)C1CCCCCCC1. The third-order valence-corrected chi connectivity index (χ3v) is 5.63. The Morgan fingerprint density at radius 3 is 2.35 bits per heavy atom. The highest BCUT2D eigenvalue weighted by atomic mass is 32.1. The molecule has 1 atom stereocenters. The van der Waals surface area contributed by atoms with Crippen LogP contribution in [-0.2, 0) is 0 Å². The maximum absolute atomic E-state index is 3.86. The van der Waals surface area contributed by atoms with Gasteiger partial charge in [-0.05, 0) is 57.2 Å². The Hall–Kier alpha value is -0.340. The first-order valence-corrected chi connectivity index (χ1v) is 9.34. The van der Waals surface area contributed by atoms with Gasteiger partial charge in [0.1, 0.15) is 0 Å². The second kappa shape index (κ2) is 8.19. The molecule has 0 radical (unpaired) electrons. The minimum Gasteiger partial charge on any atom is -0.310 e. The fraction of sp³-hybridized carbons (Fsp3) is 0.778. The molecule has 0 amide bonds. The monoisotopic (exact) mass is 293 g/mol. The second-order valence-electron chi connectivity index (χ2n) is 6.41. The van der Waals surface area contributed by atoms with E-state index in [1.165, 1.54) is 61.1 Å². The van der Waals surface area contributed by atoms with Crippen LogP contribution in [0.25, 0.3) is 0 Å². The van der Waals surface area contributed by atoms with Crippen LogP contribution < -0.4 is 5.32 Å². The molecule has 0 aliphatic heterocycles. The van der Waals surface area contributed by atoms with E-state index in [0.717, 1.165) is 12.5 Å². The van der Waals surface area contributed by atoms with Crippen LogP contribution in [0, 0.1) is 19.8 Å². The molecule has 2 heteroatoms. The molecule has 1 fully saturated rings. The van der Waals surface area contributed by atoms with Crippen molar-refractivity contribution >= 4 is 11.3 Å². The molecule has 1 aliphatic carbocycles. The lowest BCUT2D eigenvalue weighted by molar-refractivity contribution is 0.288. The van der Waals surface area contributed by atoms with E-state index in [1.807, 2.05) is 11.3 Å². The highest BCUT2D eigenvalue weighted by Gasteiger charge is 2.25. The molecule has 0 saturated heterocycles. The van der Waals surface area contributed by atoms with Crippen LogP contribution >= 0.6 is 11.3 Å². The lowest BCUT2D eigenvalue weighted by Gasteiger charge is -2.30. The predicted octanol–water partition coefficient (Wildman–Crippen LogP) is 5.77. The van der Waals surface area contributed by atoms with Gasteiger partial charge >= 0.3 is 0 Å². The maximum Gasteiger partial charge on any atom is 0.0359 e. The fourth-order valence-corrected chi connectivity index (χ4v) is 4.58. The summed E-state index contributed by atoms with van der Waals surface area (Å²) in [4.78, 5) is 2.99. The Balaban J connectivity index is 2.14. The van der Waals surface area contributed by atoms with Gasteiger partial charge in [0, 0.05) is 15.8 Å². The van der Waals surface area contributed by atoms with Gasteiger partial charge in [-0.15, -0.1) is 11.3 Å². The van der Waals surface area contributed by atoms with E-state index in [-0.39, 0.29) is 0 Å². The molecule has 1 heterocycles. The smallest absolute Gasteiger partial charge is 0.0359 e. The summed E-state index contributed by atoms with van der Waals surface area (Å²) in [7, 11) is 0. The van der Waals surface area contributed by atoms with E-state index in [9.17, 15) is 0 Å². The Bertz CT molecular complexity index is 388. The van der Waals surface area contributed by atoms with Crippen molar-refractivity contribution in [2.24, 2.45) is 5.92 Å². The van der Waals surface area contributed by atoms with Gasteiger partial charge in [-0.25, -0.2) is 0 Å². The summed E-state index contributed by atoms with van der Waals surface area (Å²) < 4.78 is 0. The van der Waals surface area contributed by atoms with Crippen LogP contribution in [0.5, 0.6) is 0 Å². The van der Waals surface area contributed by atoms with E-state index in [1.54, 1.807) is 5.56 Å². The summed E-state index contributed by atoms with van der Waals surface area (Å²) in [5, 5.41) is 3.86. The van der Waals surface area contributed by atoms with Crippen molar-refractivity contribution < 1.29 is 0 Å². The first kappa shape index (κ1) is 16.0. The summed E-state index contributed by atoms with van der Waals surface area (Å²) in [5.41, 5.74) is 1.59. The predicted molar refractivity (Wildman–Crippen MR) is 90.6 cm³/mol. The number of rotatable bonds is 5. The highest BCUT2D eigenvalue weighted by Crippen LogP contribution is 2.36. The van der Waals surface area contributed by atoms with Gasteiger partial charge in [0.2, 0.25) is 0 Å². The zero-order chi connectivity index (χ0) is 14.4. The zero-order valence-electron chi connectivity index (χ0n) is 13.5. The molecule has 1 aromatic heterocycles. The van der Waals surface area contributed by atoms with Crippen molar-refractivity contribution in [2.45, 2.75) is 78.2 Å². The van der Waals surface area contributed by atoms with Crippen LogP contribution in [-0.4, -0.2) is 6.54 Å². The maximum atomic E-state index is 3.86. The van der Waals surface area contributed by atoms with Crippen LogP contribution in [0.1, 0.15) is 79.6 Å². The zero-order valence-corrected chi connectivity index (χ0v) is 14.3. The van der Waals surface area contributed by atoms with Gasteiger partial charge in [0.15, 0.2) is 0 Å². The van der Waals surface area contributed by atoms with Crippen molar-refractivity contribution in [1.29, 1.82) is 0 Å². The van der Waals surface area contributed by atoms with Crippen molar-refractivity contribution in [3.63, 3.8) is 0 Å². The third-order valence-electron chi connectivity index (χ3n) is 4.65. The topological polar surface area (TPSA) is 12.0 Å². The van der Waals surface area contributed by atoms with Crippen molar-refractivity contribution in [2.75, 3.05) is 6.54 Å². The molecule has 114 valence electrons. The van der Waals surface area contributed by atoms with Crippen molar-refractivity contribution in [3.05, 3.63) is 21.4 Å². The van der Waals surface area contributed by atoms with Crippen LogP contribution in [0.4, 0.5) is 0 Å². The Labute approximate surface area is 129 Å². The van der Waals surface area contributed by atoms with Crippen LogP contribution in [0.3, 0.4) is 0 Å². The van der Waals surface area contributed by atoms with Crippen molar-refractivity contribution in [1.82, 2.24) is 5.32 Å². The number of thiophene rings is 1. The molecule has 0 spiro atoms. The Morgan fingerprint density at radius 1 is 1.15 bits per heavy atom. The van der Waals surface area contributed by atoms with Gasteiger partial charge in [0.25, 0.3) is 0 Å². The van der Waals surface area contributed by atoms with Crippen LogP contribution in [0.2, 0.25) is 0 Å². The first-order valence-electron chi connectivity index (χ1n) is 8.52. The quantitative estimate of drug-likeness (QED) is 0.727. The average Bonchev–Trinajstić information content (AvgIpc) is 2.71. The van der Waals surface area contributed by atoms with Gasteiger partial charge in [0.05, 0.1) is 0 Å². The van der Waals surface area contributed by atoms with E-state index < -0.39 is 0 Å². The summed E-state index contributed by atoms with van der Waals surface area (Å²) in [6.07, 6.45) is 11.2. The molecule has 1 nitrogen and oxygen atoms in total. The van der Waals surface area contributed by atoms with Crippen LogP contribution in [0.15, 0.2) is 6.07 Å². The van der Waals surface area contributed by atoms with Crippen molar-refractivity contribution in [3.8, 4) is 0 Å². The van der Waals surface area contributed by atoms with Gasteiger partial charge < -0.3 is 5.32 Å². The second-order valence-corrected chi connectivity index (χ2v) is 7.87. The number of hydrogen-bond donors (Lipinski definition) is 1. The number of aryl methyl sites for hydroxylation is 2. The molecule has 1 N–H and O–H groups in total. The van der Waals surface area contributed by atoms with E-state index in [0.29, 0.717) is 6.04 Å². The summed E-state index contributed by atoms with van der Waals surface area (Å²) in [6, 6.07) is 3.03. The molecule has 1 unspecified atom stereocenters. The fourth-order valence-electron chi connectivity index (χ4n) is 3.61. The minimum absolute atomic E-state index is 0.595. The first-order chi connectivity index (χ1) is 9.72. The summed E-state index contributed by atoms with van der Waals surface area (Å²) in [6.45, 7) is 7.97. The van der Waals surface area contributed by atoms with E-state index in [4.69, 9.17) is 0 Å². The van der Waals surface area contributed by atoms with Gasteiger partial charge in [-0.2, -0.15) is 0 Å².